The zero-order valence-corrected chi connectivity index (χ0v) is 19.0. The molecule has 0 amide bonds. The lowest BCUT2D eigenvalue weighted by Gasteiger charge is -2.26. The topological polar surface area (TPSA) is 87.8 Å². The van der Waals surface area contributed by atoms with E-state index in [1.165, 1.54) is 7.11 Å². The first-order chi connectivity index (χ1) is 16.6. The second-order valence-electron chi connectivity index (χ2n) is 7.76. The third-order valence-electron chi connectivity index (χ3n) is 5.73. The Morgan fingerprint density at radius 3 is 2.68 bits per heavy atom. The van der Waals surface area contributed by atoms with Crippen LogP contribution in [0.1, 0.15) is 33.9 Å². The molecule has 34 heavy (non-hydrogen) atoms. The van der Waals surface area contributed by atoms with Crippen molar-refractivity contribution in [2.75, 3.05) is 12.0 Å². The van der Waals surface area contributed by atoms with Crippen LogP contribution in [0.3, 0.4) is 0 Å². The number of carbonyl (C=O) groups is 1. The van der Waals surface area contributed by atoms with Crippen LogP contribution in [-0.2, 0) is 4.74 Å². The number of carbonyl (C=O) groups excluding carboxylic acids is 1. The molecule has 2 atom stereocenters. The van der Waals surface area contributed by atoms with Crippen LogP contribution in [0.15, 0.2) is 89.5 Å². The molecule has 1 aliphatic heterocycles. The predicted molar refractivity (Wildman–Crippen MR) is 132 cm³/mol. The summed E-state index contributed by atoms with van der Waals surface area (Å²) in [5, 5.41) is 14.4. The van der Waals surface area contributed by atoms with Gasteiger partial charge in [0, 0.05) is 11.8 Å². The van der Waals surface area contributed by atoms with E-state index in [2.05, 4.69) is 10.3 Å². The molecule has 7 nitrogen and oxygen atoms in total. The van der Waals surface area contributed by atoms with Crippen LogP contribution in [0.2, 0.25) is 0 Å². The van der Waals surface area contributed by atoms with Crippen molar-refractivity contribution in [3.8, 4) is 17.1 Å². The summed E-state index contributed by atoms with van der Waals surface area (Å²) < 4.78 is 11.1. The van der Waals surface area contributed by atoms with Crippen molar-refractivity contribution in [2.24, 2.45) is 0 Å². The van der Waals surface area contributed by atoms with E-state index >= 15 is 0 Å². The number of hydrogen-bond acceptors (Lipinski definition) is 6. The molecule has 0 unspecified atom stereocenters. The minimum Gasteiger partial charge on any atom is -0.506 e. The Kier molecular flexibility index (Phi) is 5.73. The zero-order chi connectivity index (χ0) is 23.7. The number of pyridine rings is 1. The Balaban J connectivity index is 1.59. The first-order valence-electron chi connectivity index (χ1n) is 10.6. The van der Waals surface area contributed by atoms with Gasteiger partial charge in [-0.15, -0.1) is 0 Å². The predicted octanol–water partition coefficient (Wildman–Crippen LogP) is 5.01. The normalized spacial score (nSPS) is 17.4. The summed E-state index contributed by atoms with van der Waals surface area (Å²) in [7, 11) is 1.35. The van der Waals surface area contributed by atoms with E-state index in [-0.39, 0.29) is 11.8 Å². The number of hydrogen-bond donors (Lipinski definition) is 2. The molecule has 0 saturated carbocycles. The van der Waals surface area contributed by atoms with E-state index in [1.54, 1.807) is 42.6 Å². The van der Waals surface area contributed by atoms with Gasteiger partial charge in [-0.2, -0.15) is 0 Å². The highest BCUT2D eigenvalue weighted by atomic mass is 32.1. The molecule has 1 saturated heterocycles. The lowest BCUT2D eigenvalue weighted by molar-refractivity contribution is 0.0601. The fourth-order valence-electron chi connectivity index (χ4n) is 4.16. The van der Waals surface area contributed by atoms with E-state index < -0.39 is 12.0 Å². The first kappa shape index (κ1) is 21.7. The second kappa shape index (κ2) is 8.99. The van der Waals surface area contributed by atoms with Gasteiger partial charge in [-0.25, -0.2) is 4.79 Å². The quantitative estimate of drug-likeness (QED) is 0.310. The van der Waals surface area contributed by atoms with Crippen molar-refractivity contribution in [1.29, 1.82) is 0 Å². The Labute approximate surface area is 201 Å². The summed E-state index contributed by atoms with van der Waals surface area (Å²) in [5.41, 5.74) is 2.53. The Morgan fingerprint density at radius 2 is 1.91 bits per heavy atom. The lowest BCUT2D eigenvalue weighted by Crippen LogP contribution is -2.29. The molecule has 1 aliphatic rings. The highest BCUT2D eigenvalue weighted by Crippen LogP contribution is 2.45. The minimum atomic E-state index is -0.417. The summed E-state index contributed by atoms with van der Waals surface area (Å²) in [6.45, 7) is 0. The largest absolute Gasteiger partial charge is 0.506 e. The number of benzene rings is 2. The molecule has 3 heterocycles. The molecule has 8 heteroatoms. The van der Waals surface area contributed by atoms with Gasteiger partial charge >= 0.3 is 5.97 Å². The van der Waals surface area contributed by atoms with Gasteiger partial charge in [0.1, 0.15) is 23.3 Å². The number of para-hydroxylation sites is 2. The number of furan rings is 1. The molecule has 2 aromatic carbocycles. The summed E-state index contributed by atoms with van der Waals surface area (Å²) >= 11 is 5.68. The van der Waals surface area contributed by atoms with Gasteiger partial charge < -0.3 is 24.5 Å². The maximum absolute atomic E-state index is 12.0. The Bertz CT molecular complexity index is 1350. The first-order valence-corrected chi connectivity index (χ1v) is 11.0. The van der Waals surface area contributed by atoms with Crippen molar-refractivity contribution in [3.63, 3.8) is 0 Å². The number of methoxy groups -OCH3 is 1. The zero-order valence-electron chi connectivity index (χ0n) is 18.2. The highest BCUT2D eigenvalue weighted by molar-refractivity contribution is 7.80. The molecule has 2 aromatic heterocycles. The van der Waals surface area contributed by atoms with Crippen LogP contribution >= 0.6 is 12.2 Å². The number of aromatic hydroxyl groups is 1. The number of esters is 1. The molecule has 4 aromatic rings. The highest BCUT2D eigenvalue weighted by Gasteiger charge is 2.43. The van der Waals surface area contributed by atoms with Crippen LogP contribution < -0.4 is 10.2 Å². The van der Waals surface area contributed by atoms with E-state index in [1.807, 2.05) is 47.4 Å². The number of phenols is 1. The number of anilines is 1. The van der Waals surface area contributed by atoms with Gasteiger partial charge in [0.05, 0.1) is 30.1 Å². The smallest absolute Gasteiger partial charge is 0.337 e. The van der Waals surface area contributed by atoms with E-state index in [4.69, 9.17) is 21.4 Å². The van der Waals surface area contributed by atoms with Crippen LogP contribution in [0.25, 0.3) is 11.3 Å². The van der Waals surface area contributed by atoms with Crippen molar-refractivity contribution in [2.45, 2.75) is 12.1 Å². The second-order valence-corrected chi connectivity index (χ2v) is 8.15. The average Bonchev–Trinajstić information content (AvgIpc) is 3.49. The van der Waals surface area contributed by atoms with Gasteiger partial charge in [-0.1, -0.05) is 30.3 Å². The van der Waals surface area contributed by atoms with Gasteiger partial charge in [-0.05, 0) is 60.7 Å². The number of rotatable bonds is 5. The number of aromatic nitrogens is 1. The Morgan fingerprint density at radius 1 is 1.09 bits per heavy atom. The Hall–Kier alpha value is -4.17. The van der Waals surface area contributed by atoms with Gasteiger partial charge in [0.25, 0.3) is 0 Å². The van der Waals surface area contributed by atoms with E-state index in [0.29, 0.717) is 27.9 Å². The standard InChI is InChI=1S/C26H21N3O4S/c1-32-25(31)17-8-6-7-16(15-17)21-12-13-22(33-21)24-23(18-9-4-5-14-27-18)28-26(34)29(24)19-10-2-3-11-20(19)30/h2-15,23-24,30H,1H3,(H,28,34)/t23-,24-/m1/s1. The maximum Gasteiger partial charge on any atom is 0.337 e. The third kappa shape index (κ3) is 3.88. The number of phenolic OH excluding ortho intramolecular Hbond substituents is 1. The van der Waals surface area contributed by atoms with Crippen LogP contribution in [0, 0.1) is 0 Å². The van der Waals surface area contributed by atoms with E-state index in [0.717, 1.165) is 11.3 Å². The summed E-state index contributed by atoms with van der Waals surface area (Å²) in [6.07, 6.45) is 1.73. The summed E-state index contributed by atoms with van der Waals surface area (Å²) in [4.78, 5) is 18.3. The average molecular weight is 472 g/mol. The molecular formula is C26H21N3O4S. The molecular weight excluding hydrogens is 450 g/mol. The molecule has 0 aliphatic carbocycles. The SMILES string of the molecule is COC(=O)c1cccc(-c2ccc([C@@H]3[C@@H](c4ccccn4)NC(=S)N3c3ccccc3O)o2)c1. The molecule has 0 radical (unpaired) electrons. The van der Waals surface area contributed by atoms with Crippen LogP contribution in [0.4, 0.5) is 5.69 Å². The molecule has 0 spiro atoms. The third-order valence-corrected chi connectivity index (χ3v) is 6.04. The summed E-state index contributed by atoms with van der Waals surface area (Å²) in [6, 6.07) is 22.8. The number of nitrogens with zero attached hydrogens (tertiary/aromatic N) is 2. The number of nitrogens with one attached hydrogen (secondary N) is 1. The van der Waals surface area contributed by atoms with Crippen molar-refractivity contribution in [3.05, 3.63) is 102 Å². The van der Waals surface area contributed by atoms with Crippen molar-refractivity contribution in [1.82, 2.24) is 10.3 Å². The fourth-order valence-corrected chi connectivity index (χ4v) is 4.49. The summed E-state index contributed by atoms with van der Waals surface area (Å²) in [5.74, 6) is 0.913. The maximum atomic E-state index is 12.0. The molecule has 0 bridgehead atoms. The van der Waals surface area contributed by atoms with Gasteiger partial charge in [-0.3, -0.25) is 4.98 Å². The fraction of sp³-hybridized carbons (Fsp3) is 0.115. The van der Waals surface area contributed by atoms with Crippen LogP contribution in [0.5, 0.6) is 5.75 Å². The van der Waals surface area contributed by atoms with Crippen LogP contribution in [-0.4, -0.2) is 28.3 Å². The molecule has 1 fully saturated rings. The molecule has 5 rings (SSSR count). The van der Waals surface area contributed by atoms with E-state index in [9.17, 15) is 9.90 Å². The van der Waals surface area contributed by atoms with Gasteiger partial charge in [0.15, 0.2) is 5.11 Å². The molecule has 2 N–H and O–H groups in total. The number of ether oxygens (including phenoxy) is 1. The minimum absolute atomic E-state index is 0.107. The monoisotopic (exact) mass is 471 g/mol. The van der Waals surface area contributed by atoms with Crippen molar-refractivity contribution < 1.29 is 19.1 Å². The van der Waals surface area contributed by atoms with Gasteiger partial charge in [0.2, 0.25) is 0 Å². The van der Waals surface area contributed by atoms with Crippen molar-refractivity contribution >= 4 is 29.0 Å². The lowest BCUT2D eigenvalue weighted by atomic mass is 10.0. The molecule has 170 valence electrons. The number of thiocarbonyl (C=S) groups is 1.